The Bertz CT molecular complexity index is 686. The van der Waals surface area contributed by atoms with Crippen LogP contribution in [0.5, 0.6) is 0 Å². The van der Waals surface area contributed by atoms with Crippen LogP contribution < -0.4 is 11.1 Å². The summed E-state index contributed by atoms with van der Waals surface area (Å²) in [7, 11) is 0. The molecule has 0 spiro atoms. The van der Waals surface area contributed by atoms with Gasteiger partial charge in [-0.25, -0.2) is 0 Å². The maximum atomic E-state index is 6.17. The van der Waals surface area contributed by atoms with E-state index in [0.717, 1.165) is 32.5 Å². The average molecular weight is 370 g/mol. The first-order valence-electron chi connectivity index (χ1n) is 6.01. The van der Waals surface area contributed by atoms with E-state index in [9.17, 15) is 0 Å². The second kappa shape index (κ2) is 6.12. The molecule has 3 N–H and O–H groups in total. The minimum Gasteiger partial charge on any atom is -0.389 e. The minimum atomic E-state index is 0.363. The molecule has 0 aliphatic rings. The van der Waals surface area contributed by atoms with E-state index in [1.54, 1.807) is 0 Å². The van der Waals surface area contributed by atoms with Crippen LogP contribution in [0, 0.1) is 13.8 Å². The van der Waals surface area contributed by atoms with E-state index >= 15 is 0 Å². The number of halogens is 2. The molecule has 2 aromatic carbocycles. The van der Waals surface area contributed by atoms with E-state index in [1.807, 2.05) is 44.2 Å². The van der Waals surface area contributed by atoms with Crippen molar-refractivity contribution in [3.05, 3.63) is 56.5 Å². The number of nitrogens with one attached hydrogen (secondary N) is 1. The van der Waals surface area contributed by atoms with E-state index in [2.05, 4.69) is 21.2 Å². The van der Waals surface area contributed by atoms with Crippen LogP contribution in [-0.4, -0.2) is 4.99 Å². The number of thiocarbonyl (C=S) groups is 1. The normalized spacial score (nSPS) is 10.4. The van der Waals surface area contributed by atoms with Gasteiger partial charge in [0.05, 0.1) is 5.69 Å². The van der Waals surface area contributed by atoms with Crippen molar-refractivity contribution in [2.45, 2.75) is 13.8 Å². The summed E-state index contributed by atoms with van der Waals surface area (Å²) in [5.41, 5.74) is 10.5. The number of rotatable bonds is 3. The van der Waals surface area contributed by atoms with Gasteiger partial charge in [-0.1, -0.05) is 29.9 Å². The molecule has 2 rings (SSSR count). The van der Waals surface area contributed by atoms with Crippen LogP contribution in [0.2, 0.25) is 5.02 Å². The third-order valence-electron chi connectivity index (χ3n) is 2.96. The van der Waals surface area contributed by atoms with Crippen molar-refractivity contribution in [2.24, 2.45) is 5.73 Å². The standard InChI is InChI=1S/C15H14BrClN2S/c1-8-3-4-10(15(18)20)13(5-8)19-14-7-12(17)9(2)6-11(14)16/h3-7,19H,1-2H3,(H2,18,20). The Balaban J connectivity index is 2.47. The van der Waals surface area contributed by atoms with Crippen LogP contribution in [0.15, 0.2) is 34.8 Å². The van der Waals surface area contributed by atoms with Crippen molar-refractivity contribution in [3.8, 4) is 0 Å². The first-order chi connectivity index (χ1) is 9.38. The lowest BCUT2D eigenvalue weighted by molar-refractivity contribution is 1.40. The molecule has 0 saturated heterocycles. The molecule has 0 fully saturated rings. The highest BCUT2D eigenvalue weighted by Gasteiger charge is 2.09. The van der Waals surface area contributed by atoms with Crippen LogP contribution in [0.1, 0.15) is 16.7 Å². The zero-order valence-corrected chi connectivity index (χ0v) is 14.3. The molecule has 0 amide bonds. The van der Waals surface area contributed by atoms with Gasteiger partial charge in [0.25, 0.3) is 0 Å². The van der Waals surface area contributed by atoms with Crippen LogP contribution >= 0.6 is 39.7 Å². The lowest BCUT2D eigenvalue weighted by Gasteiger charge is -2.14. The van der Waals surface area contributed by atoms with E-state index in [4.69, 9.17) is 29.6 Å². The maximum Gasteiger partial charge on any atom is 0.106 e. The molecule has 5 heteroatoms. The largest absolute Gasteiger partial charge is 0.389 e. The zero-order valence-electron chi connectivity index (χ0n) is 11.1. The summed E-state index contributed by atoms with van der Waals surface area (Å²) in [5, 5.41) is 4.04. The summed E-state index contributed by atoms with van der Waals surface area (Å²) in [4.78, 5) is 0.363. The summed E-state index contributed by atoms with van der Waals surface area (Å²) >= 11 is 14.8. The van der Waals surface area contributed by atoms with Gasteiger partial charge in [-0.3, -0.25) is 0 Å². The molecule has 0 heterocycles. The lowest BCUT2D eigenvalue weighted by Crippen LogP contribution is -2.12. The van der Waals surface area contributed by atoms with Crippen LogP contribution in [0.25, 0.3) is 0 Å². The van der Waals surface area contributed by atoms with Crippen LogP contribution in [0.3, 0.4) is 0 Å². The molecule has 0 saturated carbocycles. The molecule has 2 aromatic rings. The fourth-order valence-electron chi connectivity index (χ4n) is 1.86. The predicted molar refractivity (Wildman–Crippen MR) is 94.2 cm³/mol. The first kappa shape index (κ1) is 15.3. The van der Waals surface area contributed by atoms with Gasteiger partial charge in [0.15, 0.2) is 0 Å². The van der Waals surface area contributed by atoms with Crippen molar-refractivity contribution < 1.29 is 0 Å². The van der Waals surface area contributed by atoms with Gasteiger partial charge in [0.2, 0.25) is 0 Å². The van der Waals surface area contributed by atoms with Gasteiger partial charge in [0, 0.05) is 20.7 Å². The first-order valence-corrected chi connectivity index (χ1v) is 7.59. The van der Waals surface area contributed by atoms with Gasteiger partial charge in [-0.05, 0) is 65.2 Å². The zero-order chi connectivity index (χ0) is 14.9. The molecule has 0 atom stereocenters. The third-order valence-corrected chi connectivity index (χ3v) is 4.24. The van der Waals surface area contributed by atoms with E-state index < -0.39 is 0 Å². The molecule has 0 aliphatic carbocycles. The monoisotopic (exact) mass is 368 g/mol. The number of anilines is 2. The van der Waals surface area contributed by atoms with Crippen molar-refractivity contribution in [3.63, 3.8) is 0 Å². The molecule has 0 radical (unpaired) electrons. The van der Waals surface area contributed by atoms with Gasteiger partial charge in [0.1, 0.15) is 4.99 Å². The van der Waals surface area contributed by atoms with Crippen molar-refractivity contribution in [1.82, 2.24) is 0 Å². The highest BCUT2D eigenvalue weighted by molar-refractivity contribution is 9.10. The number of hydrogen-bond acceptors (Lipinski definition) is 2. The molecule has 0 unspecified atom stereocenters. The van der Waals surface area contributed by atoms with E-state index in [0.29, 0.717) is 10.0 Å². The number of benzene rings is 2. The molecule has 0 aliphatic heterocycles. The number of hydrogen-bond donors (Lipinski definition) is 2. The van der Waals surface area contributed by atoms with Gasteiger partial charge in [-0.15, -0.1) is 0 Å². The third kappa shape index (κ3) is 3.32. The maximum absolute atomic E-state index is 6.17. The topological polar surface area (TPSA) is 38.0 Å². The smallest absolute Gasteiger partial charge is 0.106 e. The Morgan fingerprint density at radius 3 is 2.55 bits per heavy atom. The molecule has 2 nitrogen and oxygen atoms in total. The van der Waals surface area contributed by atoms with Crippen LogP contribution in [0.4, 0.5) is 11.4 Å². The number of aryl methyl sites for hydroxylation is 2. The molecular weight excluding hydrogens is 356 g/mol. The summed E-state index contributed by atoms with van der Waals surface area (Å²) < 4.78 is 0.940. The van der Waals surface area contributed by atoms with Gasteiger partial charge < -0.3 is 11.1 Å². The SMILES string of the molecule is Cc1ccc(C(N)=S)c(Nc2cc(Cl)c(C)cc2Br)c1. The quantitative estimate of drug-likeness (QED) is 0.739. The van der Waals surface area contributed by atoms with E-state index in [1.165, 1.54) is 0 Å². The Kier molecular flexibility index (Phi) is 4.68. The Labute approximate surface area is 137 Å². The molecule has 0 aromatic heterocycles. The van der Waals surface area contributed by atoms with Crippen LogP contribution in [-0.2, 0) is 0 Å². The highest BCUT2D eigenvalue weighted by atomic mass is 79.9. The summed E-state index contributed by atoms with van der Waals surface area (Å²) in [6, 6.07) is 9.77. The summed E-state index contributed by atoms with van der Waals surface area (Å²) in [5.74, 6) is 0. The summed E-state index contributed by atoms with van der Waals surface area (Å²) in [6.07, 6.45) is 0. The lowest BCUT2D eigenvalue weighted by atomic mass is 10.1. The second-order valence-electron chi connectivity index (χ2n) is 4.62. The summed E-state index contributed by atoms with van der Waals surface area (Å²) in [6.45, 7) is 3.98. The Hall–Kier alpha value is -1.10. The van der Waals surface area contributed by atoms with Crippen molar-refractivity contribution in [1.29, 1.82) is 0 Å². The molecular formula is C15H14BrClN2S. The van der Waals surface area contributed by atoms with E-state index in [-0.39, 0.29) is 0 Å². The highest BCUT2D eigenvalue weighted by Crippen LogP contribution is 2.32. The van der Waals surface area contributed by atoms with Crippen molar-refractivity contribution >= 4 is 56.1 Å². The number of nitrogens with two attached hydrogens (primary N) is 1. The predicted octanol–water partition coefficient (Wildman–Crippen LogP) is 5.10. The van der Waals surface area contributed by atoms with Crippen molar-refractivity contribution in [2.75, 3.05) is 5.32 Å². The molecule has 0 bridgehead atoms. The fraction of sp³-hybridized carbons (Fsp3) is 0.133. The van der Waals surface area contributed by atoms with Gasteiger partial charge >= 0.3 is 0 Å². The fourth-order valence-corrected chi connectivity index (χ4v) is 2.76. The molecule has 20 heavy (non-hydrogen) atoms. The average Bonchev–Trinajstić information content (AvgIpc) is 2.35. The van der Waals surface area contributed by atoms with Gasteiger partial charge in [-0.2, -0.15) is 0 Å². The second-order valence-corrected chi connectivity index (χ2v) is 6.32. The minimum absolute atomic E-state index is 0.363. The Morgan fingerprint density at radius 1 is 1.20 bits per heavy atom. The molecule has 104 valence electrons. The Morgan fingerprint density at radius 2 is 1.90 bits per heavy atom.